The van der Waals surface area contributed by atoms with Gasteiger partial charge in [0.05, 0.1) is 13.7 Å². The van der Waals surface area contributed by atoms with Gasteiger partial charge in [-0.05, 0) is 42.1 Å². The average molecular weight is 750 g/mol. The Morgan fingerprint density at radius 3 is 2.27 bits per heavy atom. The number of hydrogen-bond acceptors (Lipinski definition) is 14. The Morgan fingerprint density at radius 2 is 1.67 bits per heavy atom. The number of carbonyl (C=O) groups excluding carboxylic acids is 3. The summed E-state index contributed by atoms with van der Waals surface area (Å²) in [5, 5.41) is 3.70. The maximum Gasteiger partial charge on any atom is 0.337 e. The second-order valence-electron chi connectivity index (χ2n) is 15.1. The van der Waals surface area contributed by atoms with Gasteiger partial charge in [-0.3, -0.25) is 9.59 Å². The van der Waals surface area contributed by atoms with E-state index in [-0.39, 0.29) is 18.3 Å². The molecule has 288 valence electrons. The molecule has 0 aromatic heterocycles. The first-order valence-electron chi connectivity index (χ1n) is 17.7. The fourth-order valence-electron chi connectivity index (χ4n) is 6.74. The van der Waals surface area contributed by atoms with Crippen molar-refractivity contribution < 1.29 is 61.4 Å². The van der Waals surface area contributed by atoms with Crippen LogP contribution >= 0.6 is 0 Å². The Hall–Kier alpha value is -3.12. The number of nitrogens with zero attached hydrogens (tertiary/aromatic N) is 3. The Labute approximate surface area is 304 Å². The van der Waals surface area contributed by atoms with Crippen LogP contribution in [0, 0.1) is 0 Å². The Balaban J connectivity index is 1.56. The van der Waals surface area contributed by atoms with E-state index >= 15 is 0 Å². The van der Waals surface area contributed by atoms with Crippen LogP contribution in [-0.2, 0) is 68.0 Å². The Bertz CT molecular complexity index is 1460. The van der Waals surface area contributed by atoms with Gasteiger partial charge in [-0.15, -0.1) is 0 Å². The van der Waals surface area contributed by atoms with Crippen molar-refractivity contribution in [3.8, 4) is 0 Å². The van der Waals surface area contributed by atoms with Gasteiger partial charge in [0.2, 0.25) is 0 Å². The topological polar surface area (TPSA) is 192 Å². The van der Waals surface area contributed by atoms with E-state index in [9.17, 15) is 19.9 Å². The number of carbonyl (C=O) groups is 3. The molecule has 1 saturated carbocycles. The number of ether oxygens (including phenoxy) is 9. The molecule has 1 aromatic rings. The highest BCUT2D eigenvalue weighted by Crippen LogP contribution is 2.47. The first-order valence-corrected chi connectivity index (χ1v) is 20.6. The lowest BCUT2D eigenvalue weighted by Crippen LogP contribution is -2.66. The summed E-state index contributed by atoms with van der Waals surface area (Å²) < 4.78 is 62.0. The van der Waals surface area contributed by atoms with Crippen LogP contribution in [0.5, 0.6) is 0 Å². The molecule has 4 fully saturated rings. The minimum atomic E-state index is -2.63. The maximum atomic E-state index is 13.5. The second-order valence-corrected chi connectivity index (χ2v) is 19.8. The SMILES string of the molecule is COC(=O)[C@@H]1O[C@@H]2OC3(CCCC3)O[C@@H]2[C@@H](OCc2ccccc2)[C@@H]1O[C@H]1O[C@H](COC(C)=O)[C@@H](O[Si](C)(C)C(C)(C)C)[C@H](OC(C)=O)[C@H]1N=[N+]=[N-]. The molecule has 0 bridgehead atoms. The minimum absolute atomic E-state index is 0.109. The zero-order valence-electron chi connectivity index (χ0n) is 31.1. The lowest BCUT2D eigenvalue weighted by molar-refractivity contribution is -0.326. The van der Waals surface area contributed by atoms with Crippen molar-refractivity contribution in [3.63, 3.8) is 0 Å². The molecule has 17 heteroatoms. The van der Waals surface area contributed by atoms with Crippen molar-refractivity contribution in [1.82, 2.24) is 0 Å². The van der Waals surface area contributed by atoms with Crippen molar-refractivity contribution in [2.45, 2.75) is 152 Å². The molecule has 3 saturated heterocycles. The van der Waals surface area contributed by atoms with Crippen LogP contribution in [0.3, 0.4) is 0 Å². The standard InChI is InChI=1S/C35H51N3O13Si/c1-20(39)43-19-23-25(51-52(7,8)34(3,4)5)26(45-21(2)40)24(37-38-36)32(46-23)47-28-27(44-18-22-14-10-9-11-15-22)30-33(48-29(28)31(41)42-6)50-35(49-30)16-12-13-17-35/h9-11,14-15,23-30,32-33H,12-13,16-19H2,1-8H3/t23-,24-,25-,26-,27+,28+,29-,30-,32-,33-/m1/s1. The van der Waals surface area contributed by atoms with Crippen molar-refractivity contribution in [1.29, 1.82) is 0 Å². The summed E-state index contributed by atoms with van der Waals surface area (Å²) in [6.45, 7) is 12.4. The fraction of sp³-hybridized carbons (Fsp3) is 0.743. The van der Waals surface area contributed by atoms with Gasteiger partial charge >= 0.3 is 17.9 Å². The molecule has 0 N–H and O–H groups in total. The Morgan fingerprint density at radius 1 is 0.981 bits per heavy atom. The molecule has 5 rings (SSSR count). The number of methoxy groups -OCH3 is 1. The summed E-state index contributed by atoms with van der Waals surface area (Å²) in [5.74, 6) is -2.97. The van der Waals surface area contributed by atoms with Crippen molar-refractivity contribution in [2.24, 2.45) is 5.11 Å². The van der Waals surface area contributed by atoms with Crippen LogP contribution in [0.1, 0.15) is 65.9 Å². The smallest absolute Gasteiger partial charge is 0.337 e. The summed E-state index contributed by atoms with van der Waals surface area (Å²) in [6, 6.07) is 8.08. The third kappa shape index (κ3) is 8.97. The third-order valence-electron chi connectivity index (χ3n) is 10.3. The van der Waals surface area contributed by atoms with Gasteiger partial charge < -0.3 is 47.1 Å². The van der Waals surface area contributed by atoms with E-state index in [1.165, 1.54) is 21.0 Å². The zero-order valence-corrected chi connectivity index (χ0v) is 32.1. The van der Waals surface area contributed by atoms with Gasteiger partial charge in [0, 0.05) is 31.6 Å². The second kappa shape index (κ2) is 16.5. The van der Waals surface area contributed by atoms with Crippen molar-refractivity contribution in [3.05, 3.63) is 46.3 Å². The highest BCUT2D eigenvalue weighted by Gasteiger charge is 2.62. The van der Waals surface area contributed by atoms with Crippen molar-refractivity contribution in [2.75, 3.05) is 13.7 Å². The Kier molecular flexibility index (Phi) is 12.7. The molecule has 0 radical (unpaired) electrons. The van der Waals surface area contributed by atoms with Crippen LogP contribution < -0.4 is 0 Å². The summed E-state index contributed by atoms with van der Waals surface area (Å²) in [7, 11) is -1.42. The van der Waals surface area contributed by atoms with Crippen LogP contribution in [0.4, 0.5) is 0 Å². The lowest BCUT2D eigenvalue weighted by atomic mass is 9.95. The van der Waals surface area contributed by atoms with E-state index in [2.05, 4.69) is 10.0 Å². The molecular weight excluding hydrogens is 698 g/mol. The molecule has 0 amide bonds. The molecular formula is C35H51N3O13Si. The van der Waals surface area contributed by atoms with E-state index in [1.807, 2.05) is 64.2 Å². The van der Waals surface area contributed by atoms with Gasteiger partial charge in [0.25, 0.3) is 0 Å². The van der Waals surface area contributed by atoms with Gasteiger partial charge in [-0.1, -0.05) is 56.2 Å². The van der Waals surface area contributed by atoms with E-state index in [0.717, 1.165) is 18.4 Å². The molecule has 3 aliphatic heterocycles. The third-order valence-corrected chi connectivity index (χ3v) is 14.8. The van der Waals surface area contributed by atoms with Crippen LogP contribution in [-0.4, -0.2) is 107 Å². The number of hydrogen-bond donors (Lipinski definition) is 0. The summed E-state index contributed by atoms with van der Waals surface area (Å²) >= 11 is 0. The number of rotatable bonds is 12. The van der Waals surface area contributed by atoms with Gasteiger partial charge in [-0.2, -0.15) is 0 Å². The molecule has 52 heavy (non-hydrogen) atoms. The van der Waals surface area contributed by atoms with Crippen LogP contribution in [0.25, 0.3) is 10.4 Å². The number of azide groups is 1. The summed E-state index contributed by atoms with van der Waals surface area (Å²) in [6.07, 6.45) is -7.36. The normalized spacial score (nSPS) is 32.8. The lowest BCUT2D eigenvalue weighted by Gasteiger charge is -2.50. The van der Waals surface area contributed by atoms with Crippen molar-refractivity contribution >= 4 is 26.2 Å². The van der Waals surface area contributed by atoms with Gasteiger partial charge in [0.15, 0.2) is 32.8 Å². The maximum absolute atomic E-state index is 13.5. The first-order chi connectivity index (χ1) is 24.6. The fourth-order valence-corrected chi connectivity index (χ4v) is 8.06. The molecule has 1 aliphatic carbocycles. The molecule has 1 aromatic carbocycles. The molecule has 4 aliphatic rings. The largest absolute Gasteiger partial charge is 0.467 e. The van der Waals surface area contributed by atoms with Gasteiger partial charge in [-0.25, -0.2) is 4.79 Å². The van der Waals surface area contributed by atoms with E-state index in [0.29, 0.717) is 12.8 Å². The summed E-state index contributed by atoms with van der Waals surface area (Å²) in [4.78, 5) is 41.2. The van der Waals surface area contributed by atoms with E-state index in [4.69, 9.17) is 47.1 Å². The minimum Gasteiger partial charge on any atom is -0.467 e. The molecule has 16 nitrogen and oxygen atoms in total. The predicted octanol–water partition coefficient (Wildman–Crippen LogP) is 4.83. The first kappa shape index (κ1) is 40.1. The number of fused-ring (bicyclic) bond motifs is 1. The monoisotopic (exact) mass is 749 g/mol. The molecule has 10 atom stereocenters. The molecule has 1 spiro atoms. The highest BCUT2D eigenvalue weighted by molar-refractivity contribution is 6.74. The van der Waals surface area contributed by atoms with E-state index < -0.39 is 93.4 Å². The van der Waals surface area contributed by atoms with Gasteiger partial charge in [0.1, 0.15) is 49.3 Å². The average Bonchev–Trinajstić information content (AvgIpc) is 3.70. The number of benzene rings is 1. The molecule has 0 unspecified atom stereocenters. The predicted molar refractivity (Wildman–Crippen MR) is 184 cm³/mol. The molecule has 3 heterocycles. The van der Waals surface area contributed by atoms with Crippen LogP contribution in [0.15, 0.2) is 35.4 Å². The highest BCUT2D eigenvalue weighted by atomic mass is 28.4. The quantitative estimate of drug-likeness (QED) is 0.0706. The summed E-state index contributed by atoms with van der Waals surface area (Å²) in [5.41, 5.74) is 10.7. The van der Waals surface area contributed by atoms with Crippen LogP contribution in [0.2, 0.25) is 18.1 Å². The number of esters is 3. The van der Waals surface area contributed by atoms with E-state index in [1.54, 1.807) is 0 Å². The zero-order chi connectivity index (χ0) is 37.8.